The summed E-state index contributed by atoms with van der Waals surface area (Å²) in [6, 6.07) is 60.4. The normalized spacial score (nSPS) is 12.1. The maximum atomic E-state index is 8.11. The van der Waals surface area contributed by atoms with Gasteiger partial charge in [0.15, 0.2) is 35.3 Å². The van der Waals surface area contributed by atoms with Gasteiger partial charge in [-0.15, -0.1) is 0 Å². The topological polar surface area (TPSA) is 89.7 Å². The first kappa shape index (κ1) is 53.1. The highest BCUT2D eigenvalue weighted by Gasteiger charge is 2.27. The lowest BCUT2D eigenvalue weighted by Crippen LogP contribution is -2.31. The maximum Gasteiger partial charge on any atom is 0.227 e. The average Bonchev–Trinajstić information content (AvgIpc) is 1.65. The SMILES string of the molecule is Cc1ccc2c(n1)oc1c(-c3cc(C)c(-c4ccccc4)c[n+]3C)c(C)cc(C)c12.Cc1ccc2c(n1)oc1c(-c3cc(C)c(-c4ccccc4)c[n+]3C)c(C)ccc12.[2H]C([2H])([2H])c1cc(C)c(-c2ccc(-c3ccccc3)c[n+]2C)c2oc3nc(C)ccc3c12. The van der Waals surface area contributed by atoms with Crippen LogP contribution in [0, 0.1) is 69.2 Å². The molecule has 9 nitrogen and oxygen atoms in total. The van der Waals surface area contributed by atoms with Crippen molar-refractivity contribution in [3.05, 3.63) is 251 Å². The minimum atomic E-state index is -2.26. The van der Waals surface area contributed by atoms with Crippen LogP contribution in [0.15, 0.2) is 208 Å². The second kappa shape index (κ2) is 22.8. The molecule has 0 saturated carbocycles. The Morgan fingerprint density at radius 2 is 0.727 bits per heavy atom. The van der Waals surface area contributed by atoms with E-state index in [2.05, 4.69) is 229 Å². The van der Waals surface area contributed by atoms with Gasteiger partial charge < -0.3 is 13.3 Å². The van der Waals surface area contributed by atoms with E-state index in [0.29, 0.717) is 33.7 Å². The van der Waals surface area contributed by atoms with Crippen molar-refractivity contribution in [2.75, 3.05) is 0 Å². The molecule has 0 fully saturated rings. The van der Waals surface area contributed by atoms with Crippen molar-refractivity contribution in [1.29, 1.82) is 0 Å². The lowest BCUT2D eigenvalue weighted by molar-refractivity contribution is -0.660. The van der Waals surface area contributed by atoms with Gasteiger partial charge in [-0.2, -0.15) is 0 Å². The van der Waals surface area contributed by atoms with Gasteiger partial charge in [0.25, 0.3) is 0 Å². The van der Waals surface area contributed by atoms with Crippen molar-refractivity contribution >= 4 is 66.2 Å². The highest BCUT2D eigenvalue weighted by atomic mass is 16.3. The summed E-state index contributed by atoms with van der Waals surface area (Å²) in [7, 11) is 6.21. The number of benzene rings is 6. The Labute approximate surface area is 517 Å². The Morgan fingerprint density at radius 1 is 0.318 bits per heavy atom. The third kappa shape index (κ3) is 10.3. The van der Waals surface area contributed by atoms with Crippen LogP contribution in [0.4, 0.5) is 0 Å². The smallest absolute Gasteiger partial charge is 0.227 e. The van der Waals surface area contributed by atoms with Crippen molar-refractivity contribution < 1.29 is 31.1 Å². The van der Waals surface area contributed by atoms with Crippen LogP contribution in [0.5, 0.6) is 0 Å². The van der Waals surface area contributed by atoms with Crippen LogP contribution in [0.2, 0.25) is 0 Å². The van der Waals surface area contributed by atoms with E-state index in [1.165, 1.54) is 50.1 Å². The van der Waals surface area contributed by atoms with Crippen LogP contribution < -0.4 is 13.7 Å². The monoisotopic (exact) mass is 1150 g/mol. The first-order chi connectivity index (χ1) is 43.7. The van der Waals surface area contributed by atoms with Crippen molar-refractivity contribution in [2.45, 2.75) is 69.2 Å². The molecule has 15 aromatic rings. The number of nitrogens with zero attached hydrogens (tertiary/aromatic N) is 6. The number of hydrogen-bond donors (Lipinski definition) is 0. The molecule has 0 N–H and O–H groups in total. The number of rotatable bonds is 6. The van der Waals surface area contributed by atoms with E-state index in [4.69, 9.17) is 17.4 Å². The molecule has 0 aliphatic rings. The Balaban J connectivity index is 0.000000125. The van der Waals surface area contributed by atoms with E-state index in [1.54, 1.807) is 6.07 Å². The molecule has 9 aromatic heterocycles. The Kier molecular flexibility index (Phi) is 13.8. The number of aryl methyl sites for hydroxylation is 13. The average molecular weight is 1160 g/mol. The quantitative estimate of drug-likeness (QED) is 0.154. The summed E-state index contributed by atoms with van der Waals surface area (Å²) in [5.74, 6) is 0. The molecule has 0 spiro atoms. The van der Waals surface area contributed by atoms with Gasteiger partial charge >= 0.3 is 0 Å². The molecule has 0 bridgehead atoms. The minimum absolute atomic E-state index is 0.293. The lowest BCUT2D eigenvalue weighted by Gasteiger charge is -2.11. The molecule has 0 amide bonds. The molecule has 88 heavy (non-hydrogen) atoms. The predicted octanol–water partition coefficient (Wildman–Crippen LogP) is 18.5. The Bertz CT molecular complexity index is 5360. The first-order valence-electron chi connectivity index (χ1n) is 31.3. The van der Waals surface area contributed by atoms with Gasteiger partial charge in [0.1, 0.15) is 21.1 Å². The minimum Gasteiger partial charge on any atom is -0.437 e. The van der Waals surface area contributed by atoms with Gasteiger partial charge in [0.2, 0.25) is 34.2 Å². The van der Waals surface area contributed by atoms with Crippen molar-refractivity contribution in [1.82, 2.24) is 15.0 Å². The number of pyridine rings is 6. The fraction of sp³-hybridized carbons (Fsp3) is 0.165. The van der Waals surface area contributed by atoms with Crippen LogP contribution in [0.25, 0.3) is 133 Å². The summed E-state index contributed by atoms with van der Waals surface area (Å²) >= 11 is 0. The van der Waals surface area contributed by atoms with Gasteiger partial charge in [-0.1, -0.05) is 115 Å². The molecule has 6 aromatic carbocycles. The zero-order chi connectivity index (χ0) is 63.7. The van der Waals surface area contributed by atoms with E-state index in [1.807, 2.05) is 71.1 Å². The van der Waals surface area contributed by atoms with E-state index < -0.39 is 6.85 Å². The summed E-state index contributed by atoms with van der Waals surface area (Å²) in [6.07, 6.45) is 6.51. The fourth-order valence-electron chi connectivity index (χ4n) is 12.7. The van der Waals surface area contributed by atoms with Gasteiger partial charge in [-0.25, -0.2) is 28.7 Å². The molecule has 0 atom stereocenters. The van der Waals surface area contributed by atoms with Crippen LogP contribution in [-0.2, 0) is 21.1 Å². The number of fused-ring (bicyclic) bond motifs is 9. The molecular weight excluding hydrogens is 1080 g/mol. The Hall–Kier alpha value is -10.4. The summed E-state index contributed by atoms with van der Waals surface area (Å²) in [4.78, 5) is 13.8. The summed E-state index contributed by atoms with van der Waals surface area (Å²) in [6.45, 7) is 16.4. The van der Waals surface area contributed by atoms with Crippen molar-refractivity contribution in [3.8, 4) is 67.2 Å². The van der Waals surface area contributed by atoms with Gasteiger partial charge in [0.05, 0.1) is 16.7 Å². The van der Waals surface area contributed by atoms with Crippen LogP contribution in [0.3, 0.4) is 0 Å². The molecule has 432 valence electrons. The summed E-state index contributed by atoms with van der Waals surface area (Å²) in [5.41, 5.74) is 27.8. The maximum absolute atomic E-state index is 8.11. The van der Waals surface area contributed by atoms with Crippen LogP contribution in [-0.4, -0.2) is 15.0 Å². The highest BCUT2D eigenvalue weighted by molar-refractivity contribution is 6.12. The predicted molar refractivity (Wildman–Crippen MR) is 358 cm³/mol. The molecule has 9 heterocycles. The largest absolute Gasteiger partial charge is 0.437 e. The number of hydrogen-bond acceptors (Lipinski definition) is 6. The second-order valence-corrected chi connectivity index (χ2v) is 23.5. The molecule has 0 aliphatic heterocycles. The van der Waals surface area contributed by atoms with Gasteiger partial charge in [-0.05, 0) is 167 Å². The third-order valence-electron chi connectivity index (χ3n) is 17.1. The van der Waals surface area contributed by atoms with E-state index in [9.17, 15) is 0 Å². The summed E-state index contributed by atoms with van der Waals surface area (Å²) in [5, 5.41) is 5.74. The number of aromatic nitrogens is 6. The zero-order valence-corrected chi connectivity index (χ0v) is 51.9. The molecule has 15 rings (SSSR count). The van der Waals surface area contributed by atoms with Gasteiger partial charge in [-0.3, -0.25) is 0 Å². The fourth-order valence-corrected chi connectivity index (χ4v) is 12.7. The molecule has 0 aliphatic carbocycles. The molecular formula is C79H71N6O3+3. The highest BCUT2D eigenvalue weighted by Crippen LogP contribution is 2.42. The van der Waals surface area contributed by atoms with Crippen LogP contribution in [0.1, 0.15) is 60.1 Å². The van der Waals surface area contributed by atoms with Crippen molar-refractivity contribution in [3.63, 3.8) is 0 Å². The van der Waals surface area contributed by atoms with Gasteiger partial charge in [0, 0.05) is 88.4 Å². The van der Waals surface area contributed by atoms with E-state index >= 15 is 0 Å². The summed E-state index contributed by atoms with van der Waals surface area (Å²) < 4.78 is 49.7. The standard InChI is InChI=1S/C27H25N2O.2C26H23N2O/c1-16-14-23(29(5)15-22(16)20-9-7-6-8-10-20)25-18(3)13-17(2)24-21-12-11-19(4)28-27(21)30-26(24)25;1-16-14-17(2)24(25-23(16)21-12-10-18(3)27-26(21)29-25)22-13-11-20(15-28(22)4)19-8-6-5-7-9-19;1-16-10-12-20-21-13-11-18(3)27-26(21)29-25(20)24(16)23-14-17(2)22(15-28(23)4)19-8-6-5-7-9-19/h6-15H,1-5H3;2*5-15H,1-4H3/q3*+1/i;1D3;. The molecule has 9 heteroatoms. The van der Waals surface area contributed by atoms with E-state index in [-0.39, 0.29) is 0 Å². The lowest BCUT2D eigenvalue weighted by atomic mass is 9.95. The molecule has 0 unspecified atom stereocenters. The molecule has 0 radical (unpaired) electrons. The van der Waals surface area contributed by atoms with E-state index in [0.717, 1.165) is 106 Å². The number of furan rings is 3. The van der Waals surface area contributed by atoms with Crippen LogP contribution >= 0.6 is 0 Å². The third-order valence-corrected chi connectivity index (χ3v) is 17.1. The van der Waals surface area contributed by atoms with Crippen molar-refractivity contribution in [2.24, 2.45) is 21.1 Å². The Morgan fingerprint density at radius 3 is 1.23 bits per heavy atom. The molecule has 0 saturated heterocycles. The first-order valence-corrected chi connectivity index (χ1v) is 29.8. The second-order valence-electron chi connectivity index (χ2n) is 23.5. The zero-order valence-electron chi connectivity index (χ0n) is 54.9.